The number of carboxylic acids is 1. The van der Waals surface area contributed by atoms with Gasteiger partial charge in [0, 0.05) is 24.4 Å². The zero-order valence-corrected chi connectivity index (χ0v) is 15.2. The molecule has 1 aromatic heterocycles. The first-order chi connectivity index (χ1) is 13.0. The van der Waals surface area contributed by atoms with Crippen molar-refractivity contribution in [3.8, 4) is 5.75 Å². The summed E-state index contributed by atoms with van der Waals surface area (Å²) in [7, 11) is 0. The quantitative estimate of drug-likeness (QED) is 0.731. The molecule has 1 aliphatic rings. The van der Waals surface area contributed by atoms with Gasteiger partial charge in [-0.15, -0.1) is 0 Å². The highest BCUT2D eigenvalue weighted by atomic mass is 16.5. The molecule has 0 aliphatic heterocycles. The highest BCUT2D eigenvalue weighted by Crippen LogP contribution is 2.32. The maximum atomic E-state index is 12.2. The number of carbonyl (C=O) groups is 2. The van der Waals surface area contributed by atoms with Crippen LogP contribution in [0.15, 0.2) is 22.7 Å². The summed E-state index contributed by atoms with van der Waals surface area (Å²) in [5.74, 6) is 0.885. The molecule has 1 amide bonds. The third-order valence-corrected chi connectivity index (χ3v) is 4.60. The Morgan fingerprint density at radius 3 is 2.81 bits per heavy atom. The number of nitrogens with one attached hydrogen (secondary N) is 1. The average Bonchev–Trinajstić information content (AvgIpc) is 3.31. The summed E-state index contributed by atoms with van der Waals surface area (Å²) in [6, 6.07) is 5.00. The van der Waals surface area contributed by atoms with Crippen LogP contribution in [0.4, 0.5) is 5.69 Å². The first-order valence-corrected chi connectivity index (χ1v) is 9.09. The topological polar surface area (TPSA) is 115 Å². The lowest BCUT2D eigenvalue weighted by molar-refractivity contribution is -0.139. The summed E-state index contributed by atoms with van der Waals surface area (Å²) in [5, 5.41) is 15.5. The van der Waals surface area contributed by atoms with Crippen LogP contribution in [0.3, 0.4) is 0 Å². The zero-order valence-electron chi connectivity index (χ0n) is 15.2. The van der Waals surface area contributed by atoms with Crippen LogP contribution in [0.25, 0.3) is 0 Å². The normalized spacial score (nSPS) is 14.3. The van der Waals surface area contributed by atoms with E-state index in [1.165, 1.54) is 12.8 Å². The van der Waals surface area contributed by atoms with Crippen LogP contribution in [0.2, 0.25) is 0 Å². The molecule has 1 saturated carbocycles. The fraction of sp³-hybridized carbons (Fsp3) is 0.474. The van der Waals surface area contributed by atoms with Crippen molar-refractivity contribution in [1.82, 2.24) is 10.1 Å². The second-order valence-electron chi connectivity index (χ2n) is 6.74. The number of carbonyl (C=O) groups excluding carboxylic acids is 1. The van der Waals surface area contributed by atoms with E-state index in [9.17, 15) is 9.59 Å². The Kier molecular flexibility index (Phi) is 6.05. The number of hydrogen-bond acceptors (Lipinski definition) is 6. The van der Waals surface area contributed by atoms with Gasteiger partial charge in [0.25, 0.3) is 0 Å². The van der Waals surface area contributed by atoms with E-state index in [-0.39, 0.29) is 12.3 Å². The number of nitrogens with zero attached hydrogens (tertiary/aromatic N) is 2. The van der Waals surface area contributed by atoms with Crippen LogP contribution in [0, 0.1) is 6.92 Å². The minimum atomic E-state index is -1.04. The van der Waals surface area contributed by atoms with Crippen molar-refractivity contribution in [2.45, 2.75) is 51.4 Å². The van der Waals surface area contributed by atoms with Gasteiger partial charge >= 0.3 is 5.97 Å². The fourth-order valence-electron chi connectivity index (χ4n) is 3.16. The van der Waals surface area contributed by atoms with E-state index in [0.717, 1.165) is 24.2 Å². The number of hydrogen-bond donors (Lipinski definition) is 2. The maximum Gasteiger partial charge on any atom is 0.341 e. The molecule has 2 aromatic rings. The number of aliphatic carboxylic acids is 1. The molecule has 1 aromatic carbocycles. The van der Waals surface area contributed by atoms with Crippen LogP contribution < -0.4 is 10.1 Å². The minimum absolute atomic E-state index is 0.155. The van der Waals surface area contributed by atoms with E-state index >= 15 is 0 Å². The zero-order chi connectivity index (χ0) is 19.2. The summed E-state index contributed by atoms with van der Waals surface area (Å²) in [6.45, 7) is 1.41. The number of anilines is 1. The van der Waals surface area contributed by atoms with Crippen molar-refractivity contribution in [3.05, 3.63) is 35.5 Å². The standard InChI is InChI=1S/C19H23N3O5/c1-12-10-14(26-11-18(24)25)6-7-15(12)20-16(23)8-9-17-21-19(22-27-17)13-4-2-3-5-13/h6-7,10,13H,2-5,8-9,11H2,1H3,(H,20,23)(H,24,25). The second kappa shape index (κ2) is 8.66. The molecule has 0 bridgehead atoms. The van der Waals surface area contributed by atoms with Gasteiger partial charge in [-0.3, -0.25) is 4.79 Å². The number of aryl methyl sites for hydroxylation is 2. The van der Waals surface area contributed by atoms with Gasteiger partial charge in [0.15, 0.2) is 12.4 Å². The maximum absolute atomic E-state index is 12.2. The van der Waals surface area contributed by atoms with Crippen molar-refractivity contribution in [2.75, 3.05) is 11.9 Å². The van der Waals surface area contributed by atoms with Crippen LogP contribution in [-0.4, -0.2) is 33.7 Å². The molecule has 1 heterocycles. The number of amides is 1. The van der Waals surface area contributed by atoms with Gasteiger partial charge in [-0.05, 0) is 43.5 Å². The summed E-state index contributed by atoms with van der Waals surface area (Å²) in [5.41, 5.74) is 1.44. The molecular formula is C19H23N3O5. The van der Waals surface area contributed by atoms with Crippen molar-refractivity contribution in [3.63, 3.8) is 0 Å². The predicted octanol–water partition coefficient (Wildman–Crippen LogP) is 3.07. The van der Waals surface area contributed by atoms with Crippen LogP contribution >= 0.6 is 0 Å². The molecule has 2 N–H and O–H groups in total. The molecule has 0 radical (unpaired) electrons. The number of benzene rings is 1. The molecule has 8 nitrogen and oxygen atoms in total. The SMILES string of the molecule is Cc1cc(OCC(=O)O)ccc1NC(=O)CCc1nc(C2CCCC2)no1. The van der Waals surface area contributed by atoms with Gasteiger partial charge in [-0.25, -0.2) is 4.79 Å². The third-order valence-electron chi connectivity index (χ3n) is 4.60. The van der Waals surface area contributed by atoms with Crippen LogP contribution in [0.5, 0.6) is 5.75 Å². The Balaban J connectivity index is 1.49. The lowest BCUT2D eigenvalue weighted by Crippen LogP contribution is -2.14. The van der Waals surface area contributed by atoms with Gasteiger partial charge in [-0.2, -0.15) is 4.98 Å². The summed E-state index contributed by atoms with van der Waals surface area (Å²) < 4.78 is 10.4. The van der Waals surface area contributed by atoms with Crippen LogP contribution in [-0.2, 0) is 16.0 Å². The predicted molar refractivity (Wildman–Crippen MR) is 96.8 cm³/mol. The minimum Gasteiger partial charge on any atom is -0.482 e. The Bertz CT molecular complexity index is 811. The van der Waals surface area contributed by atoms with Gasteiger partial charge in [0.2, 0.25) is 11.8 Å². The van der Waals surface area contributed by atoms with Crippen molar-refractivity contribution >= 4 is 17.6 Å². The molecule has 144 valence electrons. The fourth-order valence-corrected chi connectivity index (χ4v) is 3.16. The van der Waals surface area contributed by atoms with Crippen molar-refractivity contribution in [2.24, 2.45) is 0 Å². The lowest BCUT2D eigenvalue weighted by Gasteiger charge is -2.10. The van der Waals surface area contributed by atoms with Crippen molar-refractivity contribution < 1.29 is 24.0 Å². The van der Waals surface area contributed by atoms with Crippen molar-refractivity contribution in [1.29, 1.82) is 0 Å². The molecule has 0 spiro atoms. The Labute approximate surface area is 156 Å². The number of aromatic nitrogens is 2. The smallest absolute Gasteiger partial charge is 0.341 e. The number of carboxylic acid groups (broad SMARTS) is 1. The molecule has 1 aliphatic carbocycles. The van der Waals surface area contributed by atoms with E-state index < -0.39 is 12.6 Å². The van der Waals surface area contributed by atoms with Gasteiger partial charge in [0.05, 0.1) is 0 Å². The molecule has 3 rings (SSSR count). The molecule has 27 heavy (non-hydrogen) atoms. The van der Waals surface area contributed by atoms with E-state index in [0.29, 0.717) is 29.7 Å². The number of rotatable bonds is 8. The molecule has 1 fully saturated rings. The Morgan fingerprint density at radius 2 is 2.11 bits per heavy atom. The summed E-state index contributed by atoms with van der Waals surface area (Å²) in [4.78, 5) is 27.1. The molecule has 0 saturated heterocycles. The lowest BCUT2D eigenvalue weighted by atomic mass is 10.1. The van der Waals surface area contributed by atoms with Crippen LogP contribution in [0.1, 0.15) is 55.3 Å². The Hall–Kier alpha value is -2.90. The molecule has 8 heteroatoms. The van der Waals surface area contributed by atoms with Gasteiger partial charge in [0.1, 0.15) is 5.75 Å². The molecular weight excluding hydrogens is 350 g/mol. The Morgan fingerprint density at radius 1 is 1.33 bits per heavy atom. The number of ether oxygens (including phenoxy) is 1. The highest BCUT2D eigenvalue weighted by molar-refractivity contribution is 5.91. The van der Waals surface area contributed by atoms with E-state index in [2.05, 4.69) is 15.5 Å². The summed E-state index contributed by atoms with van der Waals surface area (Å²) in [6.07, 6.45) is 5.25. The first kappa shape index (κ1) is 18.9. The second-order valence-corrected chi connectivity index (χ2v) is 6.74. The summed E-state index contributed by atoms with van der Waals surface area (Å²) >= 11 is 0. The van der Waals surface area contributed by atoms with E-state index in [4.69, 9.17) is 14.4 Å². The third kappa shape index (κ3) is 5.29. The molecule has 0 unspecified atom stereocenters. The van der Waals surface area contributed by atoms with Gasteiger partial charge < -0.3 is 19.7 Å². The first-order valence-electron chi connectivity index (χ1n) is 9.09. The largest absolute Gasteiger partial charge is 0.482 e. The van der Waals surface area contributed by atoms with Gasteiger partial charge in [-0.1, -0.05) is 18.0 Å². The molecule has 0 atom stereocenters. The monoisotopic (exact) mass is 373 g/mol. The van der Waals surface area contributed by atoms with E-state index in [1.807, 2.05) is 6.92 Å². The highest BCUT2D eigenvalue weighted by Gasteiger charge is 2.22. The average molecular weight is 373 g/mol. The van der Waals surface area contributed by atoms with E-state index in [1.54, 1.807) is 18.2 Å².